The van der Waals surface area contributed by atoms with Gasteiger partial charge in [0, 0.05) is 31.6 Å². The van der Waals surface area contributed by atoms with Crippen LogP contribution >= 0.6 is 23.2 Å². The van der Waals surface area contributed by atoms with Crippen LogP contribution in [0.3, 0.4) is 0 Å². The lowest BCUT2D eigenvalue weighted by atomic mass is 9.91. The van der Waals surface area contributed by atoms with Gasteiger partial charge in [-0.25, -0.2) is 15.0 Å². The molecule has 0 unspecified atom stereocenters. The molecule has 16 nitrogen and oxygen atoms in total. The van der Waals surface area contributed by atoms with Gasteiger partial charge in [-0.3, -0.25) is 9.36 Å². The van der Waals surface area contributed by atoms with E-state index in [1.165, 1.54) is 18.6 Å². The Balaban J connectivity index is 1.25. The molecule has 4 aromatic rings. The summed E-state index contributed by atoms with van der Waals surface area (Å²) in [6.07, 6.45) is 4.22. The number of ketones is 1. The van der Waals surface area contributed by atoms with Gasteiger partial charge in [0.15, 0.2) is 23.1 Å². The van der Waals surface area contributed by atoms with E-state index in [1.807, 2.05) is 6.92 Å². The number of Topliss-reactive ketones (excluding diaryl/α,β-unsaturated/α-hetero) is 1. The molecule has 1 saturated heterocycles. The van der Waals surface area contributed by atoms with Gasteiger partial charge in [-0.15, -0.1) is 10.2 Å². The highest BCUT2D eigenvalue weighted by Gasteiger charge is 2.51. The molecular formula is C27H32Cl2N12O4. The maximum absolute atomic E-state index is 12.4. The number of hydrogen-bond acceptors (Lipinski definition) is 14. The molecule has 5 heterocycles. The molecule has 1 aliphatic carbocycles. The van der Waals surface area contributed by atoms with E-state index in [-0.39, 0.29) is 40.7 Å². The highest BCUT2D eigenvalue weighted by atomic mass is 35.5. The van der Waals surface area contributed by atoms with Gasteiger partial charge in [0.1, 0.15) is 23.9 Å². The molecule has 0 aromatic carbocycles. The smallest absolute Gasteiger partial charge is 0.303 e. The van der Waals surface area contributed by atoms with Gasteiger partial charge in [-0.2, -0.15) is 14.8 Å². The van der Waals surface area contributed by atoms with Gasteiger partial charge >= 0.3 is 5.97 Å². The minimum Gasteiger partial charge on any atom is -0.459 e. The average molecular weight is 660 g/mol. The molecule has 0 bridgehead atoms. The van der Waals surface area contributed by atoms with Gasteiger partial charge in [-0.1, -0.05) is 0 Å². The van der Waals surface area contributed by atoms with E-state index in [0.29, 0.717) is 29.3 Å². The number of fused-ring (bicyclic) bond motifs is 1. The number of ether oxygens (including phenoxy) is 2. The van der Waals surface area contributed by atoms with Crippen LogP contribution in [-0.2, 0) is 25.6 Å². The zero-order chi connectivity index (χ0) is 31.7. The largest absolute Gasteiger partial charge is 0.459 e. The van der Waals surface area contributed by atoms with Crippen LogP contribution in [0.15, 0.2) is 18.6 Å². The molecule has 1 aliphatic heterocycles. The first-order valence-electron chi connectivity index (χ1n) is 14.7. The van der Waals surface area contributed by atoms with Crippen molar-refractivity contribution in [3.63, 3.8) is 0 Å². The van der Waals surface area contributed by atoms with Crippen molar-refractivity contribution in [2.75, 3.05) is 10.6 Å². The van der Waals surface area contributed by atoms with Crippen molar-refractivity contribution in [3.8, 4) is 0 Å². The van der Waals surface area contributed by atoms with Crippen molar-refractivity contribution in [1.29, 1.82) is 0 Å². The maximum Gasteiger partial charge on any atom is 0.303 e. The van der Waals surface area contributed by atoms with Gasteiger partial charge in [0.25, 0.3) is 0 Å². The number of rotatable bonds is 10. The average Bonchev–Trinajstić information content (AvgIpc) is 3.72. The van der Waals surface area contributed by atoms with Crippen LogP contribution in [0.2, 0.25) is 10.6 Å². The number of imidazole rings is 1. The fourth-order valence-electron chi connectivity index (χ4n) is 5.96. The molecule has 2 N–H and O–H groups in total. The third-order valence-corrected chi connectivity index (χ3v) is 8.27. The Bertz CT molecular complexity index is 1690. The van der Waals surface area contributed by atoms with Crippen LogP contribution in [0, 0.1) is 5.92 Å². The van der Waals surface area contributed by atoms with Crippen LogP contribution in [0.25, 0.3) is 11.2 Å². The molecule has 0 amide bonds. The van der Waals surface area contributed by atoms with Gasteiger partial charge < -0.3 is 24.9 Å². The predicted octanol–water partition coefficient (Wildman–Crippen LogP) is 3.56. The van der Waals surface area contributed by atoms with E-state index in [2.05, 4.69) is 51.0 Å². The van der Waals surface area contributed by atoms with E-state index >= 15 is 0 Å². The lowest BCUT2D eigenvalue weighted by molar-refractivity contribution is -0.151. The summed E-state index contributed by atoms with van der Waals surface area (Å²) in [5.74, 6) is 0.200. The molecule has 18 heteroatoms. The summed E-state index contributed by atoms with van der Waals surface area (Å²) < 4.78 is 13.9. The summed E-state index contributed by atoms with van der Waals surface area (Å²) in [5.41, 5.74) is 0.891. The number of nitrogens with zero attached hydrogens (tertiary/aromatic N) is 10. The number of carbonyl (C=O) groups excluding carboxylic acids is 2. The zero-order valence-electron chi connectivity index (χ0n) is 24.8. The number of carbonyl (C=O) groups is 2. The molecular weight excluding hydrogens is 627 g/mol. The van der Waals surface area contributed by atoms with Crippen molar-refractivity contribution in [3.05, 3.63) is 35.0 Å². The molecule has 4 atom stereocenters. The maximum atomic E-state index is 12.4. The Labute approximate surface area is 267 Å². The van der Waals surface area contributed by atoms with Crippen molar-refractivity contribution in [2.24, 2.45) is 5.92 Å². The molecule has 0 spiro atoms. The summed E-state index contributed by atoms with van der Waals surface area (Å²) in [4.78, 5) is 47.7. The quantitative estimate of drug-likeness (QED) is 0.186. The second-order valence-corrected chi connectivity index (χ2v) is 11.8. The molecule has 0 radical (unpaired) electrons. The number of aromatic nitrogens is 10. The Morgan fingerprint density at radius 1 is 1.04 bits per heavy atom. The minimum absolute atomic E-state index is 0.0181. The third kappa shape index (κ3) is 6.82. The first kappa shape index (κ1) is 31.0. The Hall–Kier alpha value is -4.02. The fraction of sp³-hybridized carbons (Fsp3) is 0.556. The van der Waals surface area contributed by atoms with Crippen LogP contribution in [-0.4, -0.2) is 79.6 Å². The summed E-state index contributed by atoms with van der Waals surface area (Å²) in [6, 6.07) is 2.16. The van der Waals surface area contributed by atoms with Crippen molar-refractivity contribution in [1.82, 2.24) is 49.7 Å². The number of hydrogen-bond donors (Lipinski definition) is 2. The van der Waals surface area contributed by atoms with Crippen LogP contribution in [0.4, 0.5) is 11.6 Å². The normalized spacial score (nSPS) is 24.9. The number of tetrazole rings is 1. The number of nitrogens with one attached hydrogen (secondary N) is 2. The zero-order valence-corrected chi connectivity index (χ0v) is 26.3. The van der Waals surface area contributed by atoms with Crippen molar-refractivity contribution >= 4 is 57.8 Å². The SMILES string of the molecule is CCn1nnc([C@H]2O[C@@H](n3cnc4c(N[C@H]5CC[C@H](Nc6ccnc(Cl)n6)CC5)nc(Cl)nc43)[C@H](CC(C)=O)[C@@H]2OC(C)=O)n1. The summed E-state index contributed by atoms with van der Waals surface area (Å²) in [5, 5.41) is 19.7. The van der Waals surface area contributed by atoms with Crippen LogP contribution in [0.5, 0.6) is 0 Å². The molecule has 1 saturated carbocycles. The predicted molar refractivity (Wildman–Crippen MR) is 161 cm³/mol. The molecule has 238 valence electrons. The fourth-order valence-corrected chi connectivity index (χ4v) is 6.28. The van der Waals surface area contributed by atoms with E-state index in [9.17, 15) is 9.59 Å². The lowest BCUT2D eigenvalue weighted by Gasteiger charge is -2.30. The second kappa shape index (κ2) is 13.1. The second-order valence-electron chi connectivity index (χ2n) is 11.1. The van der Waals surface area contributed by atoms with E-state index in [1.54, 1.807) is 23.2 Å². The number of halogens is 2. The van der Waals surface area contributed by atoms with Crippen LogP contribution < -0.4 is 10.6 Å². The van der Waals surface area contributed by atoms with Crippen LogP contribution in [0.1, 0.15) is 71.0 Å². The highest BCUT2D eigenvalue weighted by molar-refractivity contribution is 6.28. The summed E-state index contributed by atoms with van der Waals surface area (Å²) in [6.45, 7) is 5.14. The number of anilines is 2. The first-order chi connectivity index (χ1) is 21.7. The van der Waals surface area contributed by atoms with E-state index < -0.39 is 30.3 Å². The molecule has 6 rings (SSSR count). The lowest BCUT2D eigenvalue weighted by Crippen LogP contribution is -2.33. The van der Waals surface area contributed by atoms with Gasteiger partial charge in [0.2, 0.25) is 16.4 Å². The van der Waals surface area contributed by atoms with E-state index in [4.69, 9.17) is 32.7 Å². The number of aryl methyl sites for hydroxylation is 1. The Morgan fingerprint density at radius 2 is 1.80 bits per heavy atom. The standard InChI is InChI=1S/C27H32Cl2N12O4/c1-4-41-38-23(37-39-41)21-20(44-14(3)43)17(11-13(2)42)25(45-21)40-12-31-19-22(35-27(29)36-24(19)40)33-16-7-5-15(6-8-16)32-18-9-10-30-26(28)34-18/h9-10,12,15-17,20-21,25H,4-8,11H2,1-3H3,(H,30,32,34)(H,33,35,36)/t15-,16-,17-,20+,21+,25-/m1/s1. The third-order valence-electron chi connectivity index (χ3n) is 7.92. The van der Waals surface area contributed by atoms with E-state index in [0.717, 1.165) is 25.7 Å². The summed E-state index contributed by atoms with van der Waals surface area (Å²) >= 11 is 12.4. The van der Waals surface area contributed by atoms with Gasteiger partial charge in [-0.05, 0) is 74.0 Å². The topological polar surface area (TPSA) is 190 Å². The van der Waals surface area contributed by atoms with Crippen molar-refractivity contribution < 1.29 is 19.1 Å². The summed E-state index contributed by atoms with van der Waals surface area (Å²) in [7, 11) is 0. The molecule has 4 aromatic heterocycles. The highest BCUT2D eigenvalue weighted by Crippen LogP contribution is 2.46. The molecule has 2 fully saturated rings. The van der Waals surface area contributed by atoms with Crippen molar-refractivity contribution in [2.45, 2.75) is 89.9 Å². The first-order valence-corrected chi connectivity index (χ1v) is 15.5. The molecule has 45 heavy (non-hydrogen) atoms. The monoisotopic (exact) mass is 658 g/mol. The van der Waals surface area contributed by atoms with Gasteiger partial charge in [0.05, 0.1) is 18.8 Å². The Morgan fingerprint density at radius 3 is 2.47 bits per heavy atom. The molecule has 2 aliphatic rings. The minimum atomic E-state index is -0.877. The number of esters is 1. The Kier molecular flexibility index (Phi) is 9.05.